The molecule has 1 atom stereocenters. The first kappa shape index (κ1) is 21.8. The molecule has 0 fully saturated rings. The fraction of sp³-hybridized carbons (Fsp3) is 0.278. The van der Waals surface area contributed by atoms with E-state index in [2.05, 4.69) is 10.0 Å². The highest BCUT2D eigenvalue weighted by Gasteiger charge is 2.23. The van der Waals surface area contributed by atoms with Gasteiger partial charge < -0.3 is 19.5 Å². The Morgan fingerprint density at radius 3 is 2.14 bits per heavy atom. The van der Waals surface area contributed by atoms with Crippen LogP contribution in [0, 0.1) is 0 Å². The molecule has 0 aliphatic heterocycles. The number of hydrogen-bond donors (Lipinski definition) is 2. The van der Waals surface area contributed by atoms with Crippen molar-refractivity contribution in [3.05, 3.63) is 41.4 Å². The lowest BCUT2D eigenvalue weighted by atomic mass is 10.2. The minimum absolute atomic E-state index is 0.0127. The maximum absolute atomic E-state index is 12.5. The summed E-state index contributed by atoms with van der Waals surface area (Å²) in [7, 11) is 0.436. The predicted molar refractivity (Wildman–Crippen MR) is 106 cm³/mol. The van der Waals surface area contributed by atoms with Gasteiger partial charge in [-0.2, -0.15) is 4.72 Å². The third kappa shape index (κ3) is 5.06. The Balaban J connectivity index is 2.16. The zero-order valence-electron chi connectivity index (χ0n) is 15.8. The summed E-state index contributed by atoms with van der Waals surface area (Å²) in [6, 6.07) is 7.73. The van der Waals surface area contributed by atoms with Gasteiger partial charge in [-0.3, -0.25) is 4.79 Å². The third-order valence-corrected chi connectivity index (χ3v) is 5.68. The molecule has 152 valence electrons. The number of rotatable bonds is 8. The number of ether oxygens (including phenoxy) is 3. The predicted octanol–water partition coefficient (Wildman–Crippen LogP) is 2.67. The summed E-state index contributed by atoms with van der Waals surface area (Å²) in [5.41, 5.74) is 0.296. The highest BCUT2D eigenvalue weighted by Crippen LogP contribution is 2.35. The van der Waals surface area contributed by atoms with Gasteiger partial charge in [-0.25, -0.2) is 8.42 Å². The van der Waals surface area contributed by atoms with Gasteiger partial charge in [0.2, 0.25) is 15.9 Å². The van der Waals surface area contributed by atoms with E-state index >= 15 is 0 Å². The molecule has 10 heteroatoms. The number of sulfonamides is 1. The van der Waals surface area contributed by atoms with E-state index < -0.39 is 22.0 Å². The summed E-state index contributed by atoms with van der Waals surface area (Å²) in [5, 5.41) is 2.92. The van der Waals surface area contributed by atoms with E-state index in [1.54, 1.807) is 0 Å². The molecule has 0 aliphatic rings. The molecule has 0 spiro atoms. The highest BCUT2D eigenvalue weighted by molar-refractivity contribution is 7.89. The van der Waals surface area contributed by atoms with E-state index in [0.29, 0.717) is 28.0 Å². The largest absolute Gasteiger partial charge is 0.497 e. The van der Waals surface area contributed by atoms with Crippen LogP contribution in [0.25, 0.3) is 0 Å². The molecule has 2 aromatic rings. The average Bonchev–Trinajstić information content (AvgIpc) is 2.68. The fourth-order valence-corrected chi connectivity index (χ4v) is 3.74. The second-order valence-electron chi connectivity index (χ2n) is 5.69. The van der Waals surface area contributed by atoms with Gasteiger partial charge in [-0.05, 0) is 31.2 Å². The molecule has 0 heterocycles. The first-order chi connectivity index (χ1) is 13.2. The van der Waals surface area contributed by atoms with Crippen molar-refractivity contribution in [3.63, 3.8) is 0 Å². The second kappa shape index (κ2) is 9.13. The minimum Gasteiger partial charge on any atom is -0.497 e. The Kier molecular flexibility index (Phi) is 7.11. The Morgan fingerprint density at radius 1 is 1.00 bits per heavy atom. The summed E-state index contributed by atoms with van der Waals surface area (Å²) in [4.78, 5) is 12.5. The van der Waals surface area contributed by atoms with Crippen molar-refractivity contribution in [1.82, 2.24) is 4.72 Å². The lowest BCUT2D eigenvalue weighted by Crippen LogP contribution is -2.41. The molecule has 2 N–H and O–H groups in total. The van der Waals surface area contributed by atoms with E-state index in [0.717, 1.165) is 0 Å². The van der Waals surface area contributed by atoms with Gasteiger partial charge in [0.25, 0.3) is 0 Å². The van der Waals surface area contributed by atoms with Crippen LogP contribution in [0.1, 0.15) is 6.92 Å². The van der Waals surface area contributed by atoms with Gasteiger partial charge >= 0.3 is 0 Å². The summed E-state index contributed by atoms with van der Waals surface area (Å²) in [6.45, 7) is 1.43. The molecule has 0 radical (unpaired) electrons. The molecular formula is C18H21ClN2O6S. The molecule has 0 aromatic heterocycles. The van der Waals surface area contributed by atoms with E-state index in [4.69, 9.17) is 25.8 Å². The van der Waals surface area contributed by atoms with Crippen molar-refractivity contribution in [1.29, 1.82) is 0 Å². The van der Waals surface area contributed by atoms with Gasteiger partial charge in [-0.15, -0.1) is 0 Å². The maximum atomic E-state index is 12.5. The quantitative estimate of drug-likeness (QED) is 0.670. The Bertz CT molecular complexity index is 947. The van der Waals surface area contributed by atoms with Crippen molar-refractivity contribution >= 4 is 33.2 Å². The number of anilines is 1. The summed E-state index contributed by atoms with van der Waals surface area (Å²) in [5.74, 6) is 0.585. The summed E-state index contributed by atoms with van der Waals surface area (Å²) in [6.07, 6.45) is 0. The third-order valence-electron chi connectivity index (χ3n) is 3.83. The molecule has 0 unspecified atom stereocenters. The van der Waals surface area contributed by atoms with Crippen LogP contribution in [0.3, 0.4) is 0 Å². The van der Waals surface area contributed by atoms with Crippen LogP contribution >= 0.6 is 11.6 Å². The topological polar surface area (TPSA) is 103 Å². The normalized spacial score (nSPS) is 12.2. The zero-order valence-corrected chi connectivity index (χ0v) is 17.3. The van der Waals surface area contributed by atoms with Crippen molar-refractivity contribution in [2.75, 3.05) is 26.6 Å². The van der Waals surface area contributed by atoms with Crippen molar-refractivity contribution in [2.24, 2.45) is 0 Å². The maximum Gasteiger partial charge on any atom is 0.242 e. The molecule has 2 rings (SSSR count). The number of methoxy groups -OCH3 is 3. The van der Waals surface area contributed by atoms with Crippen molar-refractivity contribution in [2.45, 2.75) is 17.9 Å². The molecule has 1 amide bonds. The Hall–Kier alpha value is -2.49. The SMILES string of the molecule is COc1ccc(S(=O)(=O)N[C@@H](C)C(=O)Nc2cc(OC)c(Cl)cc2OC)cc1. The average molecular weight is 429 g/mol. The molecule has 2 aromatic carbocycles. The molecule has 0 bridgehead atoms. The summed E-state index contributed by atoms with van der Waals surface area (Å²) < 4.78 is 42.6. The minimum atomic E-state index is -3.90. The first-order valence-corrected chi connectivity index (χ1v) is 9.96. The van der Waals surface area contributed by atoms with Gasteiger partial charge in [0.1, 0.15) is 17.2 Å². The van der Waals surface area contributed by atoms with E-state index in [-0.39, 0.29) is 4.90 Å². The lowest BCUT2D eigenvalue weighted by Gasteiger charge is -2.17. The molecule has 0 saturated carbocycles. The van der Waals surface area contributed by atoms with Crippen molar-refractivity contribution < 1.29 is 27.4 Å². The number of nitrogens with one attached hydrogen (secondary N) is 2. The van der Waals surface area contributed by atoms with E-state index in [1.807, 2.05) is 0 Å². The van der Waals surface area contributed by atoms with Crippen LogP contribution in [0.15, 0.2) is 41.3 Å². The number of hydrogen-bond acceptors (Lipinski definition) is 6. The van der Waals surface area contributed by atoms with Gasteiger partial charge in [0.05, 0.1) is 43.0 Å². The molecular weight excluding hydrogens is 408 g/mol. The van der Waals surface area contributed by atoms with Gasteiger partial charge in [0.15, 0.2) is 0 Å². The lowest BCUT2D eigenvalue weighted by molar-refractivity contribution is -0.117. The molecule has 0 saturated heterocycles. The second-order valence-corrected chi connectivity index (χ2v) is 7.82. The number of carbonyl (C=O) groups excluding carboxylic acids is 1. The number of carbonyl (C=O) groups is 1. The smallest absolute Gasteiger partial charge is 0.242 e. The van der Waals surface area contributed by atoms with Crippen LogP contribution < -0.4 is 24.2 Å². The van der Waals surface area contributed by atoms with Crippen LogP contribution in [0.2, 0.25) is 5.02 Å². The Labute approximate surface area is 168 Å². The highest BCUT2D eigenvalue weighted by atomic mass is 35.5. The van der Waals surface area contributed by atoms with Crippen LogP contribution in [0.5, 0.6) is 17.2 Å². The first-order valence-electron chi connectivity index (χ1n) is 8.10. The van der Waals surface area contributed by atoms with E-state index in [1.165, 1.54) is 64.7 Å². The van der Waals surface area contributed by atoms with Crippen LogP contribution in [-0.2, 0) is 14.8 Å². The number of benzene rings is 2. The fourth-order valence-electron chi connectivity index (χ4n) is 2.31. The monoisotopic (exact) mass is 428 g/mol. The van der Waals surface area contributed by atoms with Crippen LogP contribution in [0.4, 0.5) is 5.69 Å². The van der Waals surface area contributed by atoms with Crippen molar-refractivity contribution in [3.8, 4) is 17.2 Å². The van der Waals surface area contributed by atoms with Crippen LogP contribution in [-0.4, -0.2) is 41.7 Å². The standard InChI is InChI=1S/C18H21ClN2O6S/c1-11(21-28(23,24)13-7-5-12(25-2)6-8-13)18(22)20-15-10-16(26-3)14(19)9-17(15)27-4/h5-11,21H,1-4H3,(H,20,22)/t11-/m0/s1. The van der Waals surface area contributed by atoms with Gasteiger partial charge in [0, 0.05) is 12.1 Å². The zero-order chi connectivity index (χ0) is 20.9. The van der Waals surface area contributed by atoms with Gasteiger partial charge in [-0.1, -0.05) is 11.6 Å². The number of halogens is 1. The summed E-state index contributed by atoms with van der Waals surface area (Å²) >= 11 is 6.04. The molecule has 28 heavy (non-hydrogen) atoms. The van der Waals surface area contributed by atoms with E-state index in [9.17, 15) is 13.2 Å². The number of amides is 1. The Morgan fingerprint density at radius 2 is 1.61 bits per heavy atom. The molecule has 0 aliphatic carbocycles. The molecule has 8 nitrogen and oxygen atoms in total.